The maximum Gasteiger partial charge on any atom is 0.125 e. The molecule has 0 bridgehead atoms. The Morgan fingerprint density at radius 1 is 1.19 bits per heavy atom. The van der Waals surface area contributed by atoms with Gasteiger partial charge in [-0.2, -0.15) is 0 Å². The highest BCUT2D eigenvalue weighted by Gasteiger charge is 2.42. The molecule has 1 aromatic carbocycles. The van der Waals surface area contributed by atoms with Crippen molar-refractivity contribution in [1.82, 2.24) is 9.88 Å². The van der Waals surface area contributed by atoms with Crippen molar-refractivity contribution in [1.29, 1.82) is 0 Å². The topological polar surface area (TPSA) is 45.6 Å². The first-order chi connectivity index (χ1) is 12.5. The lowest BCUT2D eigenvalue weighted by Crippen LogP contribution is -2.42. The summed E-state index contributed by atoms with van der Waals surface area (Å²) in [7, 11) is 0. The first-order valence-electron chi connectivity index (χ1n) is 9.23. The maximum atomic E-state index is 13.1. The number of aromatic nitrogens is 1. The van der Waals surface area contributed by atoms with Gasteiger partial charge in [-0.1, -0.05) is 0 Å². The first kappa shape index (κ1) is 17.9. The number of nitrogens with zero attached hydrogens (tertiary/aromatic N) is 2. The van der Waals surface area contributed by atoms with Crippen LogP contribution in [0.4, 0.5) is 4.39 Å². The molecule has 2 aromatic rings. The van der Waals surface area contributed by atoms with Crippen LogP contribution in [0.1, 0.15) is 28.4 Å². The molecule has 6 heteroatoms. The van der Waals surface area contributed by atoms with Gasteiger partial charge in [0.25, 0.3) is 0 Å². The summed E-state index contributed by atoms with van der Waals surface area (Å²) in [5.74, 6) is 1.39. The van der Waals surface area contributed by atoms with Crippen LogP contribution in [-0.4, -0.2) is 40.3 Å². The van der Waals surface area contributed by atoms with Gasteiger partial charge in [-0.05, 0) is 62.8 Å². The second-order valence-corrected chi connectivity index (χ2v) is 8.90. The molecule has 1 aromatic heterocycles. The lowest BCUT2D eigenvalue weighted by molar-refractivity contribution is -0.0231. The number of aliphatic hydroxyl groups is 1. The fraction of sp³-hybridized carbons (Fsp3) is 0.550. The molecule has 1 saturated carbocycles. The molecule has 0 radical (unpaired) electrons. The Morgan fingerprint density at radius 2 is 1.88 bits per heavy atom. The van der Waals surface area contributed by atoms with E-state index in [-0.39, 0.29) is 11.9 Å². The number of hydrogen-bond acceptors (Lipinski definition) is 5. The molecule has 1 N–H and O–H groups in total. The number of thiazole rings is 1. The standard InChI is InChI=1S/C20H25FN2O2S/c1-12-13(2)26-20(22-12)11-23-9-14-7-18(24)19(8-15(14)10-23)25-17-5-3-16(21)4-6-17/h3-6,14-15,18-19,24H,7-11H2,1-2H3/t14-,15+,18+,19+/m0/s1. The molecule has 1 saturated heterocycles. The smallest absolute Gasteiger partial charge is 0.125 e. The van der Waals surface area contributed by atoms with Gasteiger partial charge >= 0.3 is 0 Å². The van der Waals surface area contributed by atoms with E-state index in [1.165, 1.54) is 22.0 Å². The number of hydrogen-bond donors (Lipinski definition) is 1. The number of benzene rings is 1. The molecular weight excluding hydrogens is 351 g/mol. The van der Waals surface area contributed by atoms with Crippen molar-refractivity contribution >= 4 is 11.3 Å². The summed E-state index contributed by atoms with van der Waals surface area (Å²) in [6.07, 6.45) is 0.926. The molecule has 2 fully saturated rings. The average molecular weight is 376 g/mol. The van der Waals surface area contributed by atoms with Crippen LogP contribution in [0.25, 0.3) is 0 Å². The maximum absolute atomic E-state index is 13.1. The van der Waals surface area contributed by atoms with E-state index in [0.717, 1.165) is 38.2 Å². The lowest BCUT2D eigenvalue weighted by atomic mass is 9.78. The summed E-state index contributed by atoms with van der Waals surface area (Å²) in [6, 6.07) is 6.04. The summed E-state index contributed by atoms with van der Waals surface area (Å²) in [5, 5.41) is 11.7. The van der Waals surface area contributed by atoms with Crippen molar-refractivity contribution in [3.05, 3.63) is 45.7 Å². The van der Waals surface area contributed by atoms with E-state index < -0.39 is 6.10 Å². The van der Waals surface area contributed by atoms with Gasteiger partial charge in [0.1, 0.15) is 22.7 Å². The van der Waals surface area contributed by atoms with Crippen molar-refractivity contribution in [2.24, 2.45) is 11.8 Å². The third kappa shape index (κ3) is 3.77. The van der Waals surface area contributed by atoms with Crippen LogP contribution in [0.15, 0.2) is 24.3 Å². The van der Waals surface area contributed by atoms with E-state index >= 15 is 0 Å². The minimum Gasteiger partial charge on any atom is -0.488 e. The Balaban J connectivity index is 1.37. The Kier molecular flexibility index (Phi) is 4.99. The Bertz CT molecular complexity index is 744. The van der Waals surface area contributed by atoms with Gasteiger partial charge in [-0.25, -0.2) is 9.37 Å². The van der Waals surface area contributed by atoms with Crippen LogP contribution >= 0.6 is 11.3 Å². The molecule has 26 heavy (non-hydrogen) atoms. The summed E-state index contributed by atoms with van der Waals surface area (Å²) in [4.78, 5) is 8.41. The molecule has 4 nitrogen and oxygen atoms in total. The summed E-state index contributed by atoms with van der Waals surface area (Å²) in [6.45, 7) is 7.12. The summed E-state index contributed by atoms with van der Waals surface area (Å²) < 4.78 is 19.0. The van der Waals surface area contributed by atoms with E-state index in [2.05, 4.69) is 23.7 Å². The van der Waals surface area contributed by atoms with E-state index in [9.17, 15) is 9.50 Å². The number of likely N-dealkylation sites (tertiary alicyclic amines) is 1. The van der Waals surface area contributed by atoms with Crippen molar-refractivity contribution < 1.29 is 14.2 Å². The largest absolute Gasteiger partial charge is 0.488 e. The van der Waals surface area contributed by atoms with E-state index in [4.69, 9.17) is 4.74 Å². The SMILES string of the molecule is Cc1nc(CN2C[C@H]3C[C@@H](Oc4ccc(F)cc4)[C@H](O)C[C@H]3C2)sc1C. The predicted molar refractivity (Wildman–Crippen MR) is 99.9 cm³/mol. The number of ether oxygens (including phenoxy) is 1. The van der Waals surface area contributed by atoms with Gasteiger partial charge in [-0.15, -0.1) is 11.3 Å². The van der Waals surface area contributed by atoms with Crippen LogP contribution in [-0.2, 0) is 6.54 Å². The zero-order valence-corrected chi connectivity index (χ0v) is 16.0. The van der Waals surface area contributed by atoms with Gasteiger partial charge in [-0.3, -0.25) is 4.90 Å². The second kappa shape index (κ2) is 7.25. The molecule has 1 aliphatic heterocycles. The Labute approximate surface area is 157 Å². The molecule has 4 atom stereocenters. The number of rotatable bonds is 4. The summed E-state index contributed by atoms with van der Waals surface area (Å²) in [5.41, 5.74) is 1.13. The Morgan fingerprint density at radius 3 is 2.54 bits per heavy atom. The second-order valence-electron chi connectivity index (χ2n) is 7.61. The number of aryl methyl sites for hydroxylation is 2. The van der Waals surface area contributed by atoms with E-state index in [0.29, 0.717) is 17.6 Å². The van der Waals surface area contributed by atoms with Crippen LogP contribution in [0, 0.1) is 31.5 Å². The molecule has 0 unspecified atom stereocenters. The van der Waals surface area contributed by atoms with Crippen molar-refractivity contribution in [2.75, 3.05) is 13.1 Å². The molecule has 0 amide bonds. The minimum absolute atomic E-state index is 0.217. The molecule has 2 aliphatic rings. The van der Waals surface area contributed by atoms with Gasteiger partial charge in [0.05, 0.1) is 18.3 Å². The molecule has 4 rings (SSSR count). The molecule has 2 heterocycles. The minimum atomic E-state index is -0.467. The zero-order valence-electron chi connectivity index (χ0n) is 15.2. The van der Waals surface area contributed by atoms with Gasteiger partial charge in [0.15, 0.2) is 0 Å². The number of halogens is 1. The number of fused-ring (bicyclic) bond motifs is 1. The zero-order chi connectivity index (χ0) is 18.3. The van der Waals surface area contributed by atoms with Crippen LogP contribution in [0.2, 0.25) is 0 Å². The van der Waals surface area contributed by atoms with Crippen LogP contribution in [0.3, 0.4) is 0 Å². The average Bonchev–Trinajstić information content (AvgIpc) is 3.12. The summed E-state index contributed by atoms with van der Waals surface area (Å²) >= 11 is 1.78. The lowest BCUT2D eigenvalue weighted by Gasteiger charge is -2.35. The van der Waals surface area contributed by atoms with Crippen LogP contribution in [0.5, 0.6) is 5.75 Å². The van der Waals surface area contributed by atoms with Crippen LogP contribution < -0.4 is 4.74 Å². The Hall–Kier alpha value is -1.50. The number of aliphatic hydroxyl groups excluding tert-OH is 1. The van der Waals surface area contributed by atoms with Crippen molar-refractivity contribution in [3.8, 4) is 5.75 Å². The highest BCUT2D eigenvalue weighted by Crippen LogP contribution is 2.38. The first-order valence-corrected chi connectivity index (χ1v) is 10.0. The quantitative estimate of drug-likeness (QED) is 0.886. The van der Waals surface area contributed by atoms with Gasteiger partial charge in [0, 0.05) is 18.0 Å². The fourth-order valence-electron chi connectivity index (χ4n) is 4.23. The predicted octanol–water partition coefficient (Wildman–Crippen LogP) is 3.55. The van der Waals surface area contributed by atoms with Crippen molar-refractivity contribution in [3.63, 3.8) is 0 Å². The molecular formula is C20H25FN2O2S. The third-order valence-electron chi connectivity index (χ3n) is 5.69. The monoisotopic (exact) mass is 376 g/mol. The fourth-order valence-corrected chi connectivity index (χ4v) is 5.21. The van der Waals surface area contributed by atoms with E-state index in [1.807, 2.05) is 0 Å². The van der Waals surface area contributed by atoms with Crippen molar-refractivity contribution in [2.45, 2.75) is 45.4 Å². The molecule has 140 valence electrons. The highest BCUT2D eigenvalue weighted by molar-refractivity contribution is 7.11. The van der Waals surface area contributed by atoms with Gasteiger partial charge < -0.3 is 9.84 Å². The third-order valence-corrected chi connectivity index (χ3v) is 6.75. The van der Waals surface area contributed by atoms with Gasteiger partial charge in [0.2, 0.25) is 0 Å². The molecule has 0 spiro atoms. The van der Waals surface area contributed by atoms with E-state index in [1.54, 1.807) is 23.5 Å². The molecule has 1 aliphatic carbocycles. The highest BCUT2D eigenvalue weighted by atomic mass is 32.1. The normalized spacial score (nSPS) is 28.9.